The first-order valence-corrected chi connectivity index (χ1v) is 6.40. The van der Waals surface area contributed by atoms with Gasteiger partial charge in [0.15, 0.2) is 11.2 Å². The minimum Gasteiger partial charge on any atom is -0.711 e. The molecule has 0 spiro atoms. The molecular formula is C14H10N6O. The van der Waals surface area contributed by atoms with Crippen LogP contribution < -0.4 is 4.73 Å². The lowest BCUT2D eigenvalue weighted by Gasteiger charge is -2.07. The quantitative estimate of drug-likeness (QED) is 0.404. The second-order valence-electron chi connectivity index (χ2n) is 4.65. The Kier molecular flexibility index (Phi) is 2.50. The number of aromatic nitrogens is 6. The Balaban J connectivity index is 1.82. The van der Waals surface area contributed by atoms with E-state index in [1.807, 2.05) is 24.3 Å². The van der Waals surface area contributed by atoms with Crippen molar-refractivity contribution in [2.45, 2.75) is 6.54 Å². The average Bonchev–Trinajstić information content (AvgIpc) is 2.91. The number of imidazole rings is 1. The number of para-hydroxylation sites is 1. The van der Waals surface area contributed by atoms with Gasteiger partial charge in [-0.15, -0.1) is 0 Å². The van der Waals surface area contributed by atoms with Gasteiger partial charge in [0.05, 0.1) is 17.9 Å². The molecule has 0 N–H and O–H groups in total. The maximum absolute atomic E-state index is 12.1. The van der Waals surface area contributed by atoms with Gasteiger partial charge in [0, 0.05) is 0 Å². The molecule has 0 aliphatic carbocycles. The maximum Gasteiger partial charge on any atom is 0.322 e. The summed E-state index contributed by atoms with van der Waals surface area (Å²) >= 11 is 0. The van der Waals surface area contributed by atoms with Crippen LogP contribution in [0, 0.1) is 5.21 Å². The van der Waals surface area contributed by atoms with Gasteiger partial charge in [-0.05, 0) is 17.1 Å². The Morgan fingerprint density at radius 2 is 2.05 bits per heavy atom. The molecule has 0 atom stereocenters. The molecule has 102 valence electrons. The zero-order chi connectivity index (χ0) is 14.2. The van der Waals surface area contributed by atoms with Crippen molar-refractivity contribution in [1.82, 2.24) is 24.5 Å². The number of rotatable bonds is 2. The third kappa shape index (κ3) is 1.95. The van der Waals surface area contributed by atoms with E-state index in [0.29, 0.717) is 23.5 Å². The molecular weight excluding hydrogens is 268 g/mol. The highest BCUT2D eigenvalue weighted by molar-refractivity contribution is 5.76. The highest BCUT2D eigenvalue weighted by Gasteiger charge is 2.14. The molecule has 4 aromatic rings. The summed E-state index contributed by atoms with van der Waals surface area (Å²) in [6.45, 7) is 0.307. The van der Waals surface area contributed by atoms with Gasteiger partial charge in [0.1, 0.15) is 24.6 Å². The Bertz CT molecular complexity index is 948. The summed E-state index contributed by atoms with van der Waals surface area (Å²) in [7, 11) is 0. The third-order valence-electron chi connectivity index (χ3n) is 3.29. The fourth-order valence-corrected chi connectivity index (χ4v) is 2.28. The van der Waals surface area contributed by atoms with Crippen LogP contribution in [-0.4, -0.2) is 24.5 Å². The van der Waals surface area contributed by atoms with Gasteiger partial charge < -0.3 is 9.77 Å². The van der Waals surface area contributed by atoms with Crippen molar-refractivity contribution in [3.8, 4) is 0 Å². The molecule has 3 aromatic heterocycles. The number of hydrogen-bond donors (Lipinski definition) is 0. The van der Waals surface area contributed by atoms with E-state index < -0.39 is 0 Å². The Morgan fingerprint density at radius 1 is 1.14 bits per heavy atom. The van der Waals surface area contributed by atoms with E-state index in [0.717, 1.165) is 15.6 Å². The fourth-order valence-electron chi connectivity index (χ4n) is 2.28. The first-order chi connectivity index (χ1) is 10.3. The average molecular weight is 278 g/mol. The first kappa shape index (κ1) is 11.7. The van der Waals surface area contributed by atoms with Gasteiger partial charge in [-0.1, -0.05) is 12.1 Å². The first-order valence-electron chi connectivity index (χ1n) is 6.40. The van der Waals surface area contributed by atoms with Crippen LogP contribution in [0.3, 0.4) is 0 Å². The molecule has 1 aromatic carbocycles. The van der Waals surface area contributed by atoms with E-state index in [-0.39, 0.29) is 0 Å². The molecule has 4 rings (SSSR count). The van der Waals surface area contributed by atoms with Crippen LogP contribution in [0.1, 0.15) is 5.82 Å². The van der Waals surface area contributed by atoms with E-state index in [1.54, 1.807) is 17.1 Å². The molecule has 0 aliphatic heterocycles. The molecule has 0 aliphatic rings. The Morgan fingerprint density at radius 3 is 3.00 bits per heavy atom. The van der Waals surface area contributed by atoms with E-state index in [2.05, 4.69) is 19.9 Å². The van der Waals surface area contributed by atoms with Crippen molar-refractivity contribution in [3.63, 3.8) is 0 Å². The normalized spacial score (nSPS) is 11.2. The zero-order valence-corrected chi connectivity index (χ0v) is 10.9. The van der Waals surface area contributed by atoms with Crippen molar-refractivity contribution in [1.29, 1.82) is 0 Å². The van der Waals surface area contributed by atoms with Crippen LogP contribution >= 0.6 is 0 Å². The minimum atomic E-state index is 0.307. The van der Waals surface area contributed by atoms with Gasteiger partial charge >= 0.3 is 5.82 Å². The summed E-state index contributed by atoms with van der Waals surface area (Å²) in [5, 5.41) is 12.9. The van der Waals surface area contributed by atoms with Crippen molar-refractivity contribution in [2.75, 3.05) is 0 Å². The number of hydrogen-bond acceptors (Lipinski definition) is 5. The van der Waals surface area contributed by atoms with Gasteiger partial charge in [0.2, 0.25) is 0 Å². The highest BCUT2D eigenvalue weighted by atomic mass is 16.5. The monoisotopic (exact) mass is 278 g/mol. The molecule has 0 fully saturated rings. The van der Waals surface area contributed by atoms with Crippen molar-refractivity contribution in [3.05, 3.63) is 60.3 Å². The van der Waals surface area contributed by atoms with Crippen molar-refractivity contribution < 1.29 is 4.73 Å². The standard InChI is InChI=1S/C14H10N6O/c21-20-6-10-3-1-2-4-11(10)18-13(20)7-19-9-17-12-5-15-8-16-14(12)19/h1-6,8-9H,7H2. The zero-order valence-electron chi connectivity index (χ0n) is 10.9. The molecule has 0 saturated heterocycles. The lowest BCUT2D eigenvalue weighted by atomic mass is 10.2. The van der Waals surface area contributed by atoms with E-state index in [1.165, 1.54) is 12.5 Å². The fraction of sp³-hybridized carbons (Fsp3) is 0.0714. The van der Waals surface area contributed by atoms with Crippen molar-refractivity contribution >= 4 is 22.1 Å². The molecule has 0 bridgehead atoms. The van der Waals surface area contributed by atoms with E-state index in [4.69, 9.17) is 0 Å². The van der Waals surface area contributed by atoms with Crippen LogP contribution in [0.4, 0.5) is 0 Å². The van der Waals surface area contributed by atoms with Crippen LogP contribution in [0.25, 0.3) is 22.1 Å². The SMILES string of the molecule is [O-][n+]1cc2ccccc2nc1Cn1cnc2cncnc21. The molecule has 0 saturated carbocycles. The Hall–Kier alpha value is -3.09. The smallest absolute Gasteiger partial charge is 0.322 e. The Labute approximate surface area is 119 Å². The van der Waals surface area contributed by atoms with Gasteiger partial charge in [-0.25, -0.2) is 19.7 Å². The number of nitrogens with zero attached hydrogens (tertiary/aromatic N) is 6. The second kappa shape index (κ2) is 4.48. The number of benzene rings is 1. The summed E-state index contributed by atoms with van der Waals surface area (Å²) in [6.07, 6.45) is 6.26. The second-order valence-corrected chi connectivity index (χ2v) is 4.65. The number of fused-ring (bicyclic) bond motifs is 2. The summed E-state index contributed by atoms with van der Waals surface area (Å²) in [5.41, 5.74) is 2.16. The third-order valence-corrected chi connectivity index (χ3v) is 3.29. The molecule has 0 radical (unpaired) electrons. The molecule has 7 nitrogen and oxygen atoms in total. The van der Waals surface area contributed by atoms with Gasteiger partial charge in [0.25, 0.3) is 0 Å². The van der Waals surface area contributed by atoms with Crippen molar-refractivity contribution in [2.24, 2.45) is 0 Å². The molecule has 7 heteroatoms. The molecule has 0 unspecified atom stereocenters. The summed E-state index contributed by atoms with van der Waals surface area (Å²) in [5.74, 6) is 0.395. The topological polar surface area (TPSA) is 83.4 Å². The summed E-state index contributed by atoms with van der Waals surface area (Å²) in [6, 6.07) is 7.52. The van der Waals surface area contributed by atoms with Crippen LogP contribution in [0.5, 0.6) is 0 Å². The van der Waals surface area contributed by atoms with E-state index in [9.17, 15) is 5.21 Å². The highest BCUT2D eigenvalue weighted by Crippen LogP contribution is 2.11. The van der Waals surface area contributed by atoms with E-state index >= 15 is 0 Å². The lowest BCUT2D eigenvalue weighted by molar-refractivity contribution is -0.616. The summed E-state index contributed by atoms with van der Waals surface area (Å²) < 4.78 is 2.57. The predicted molar refractivity (Wildman–Crippen MR) is 75.1 cm³/mol. The molecule has 3 heterocycles. The molecule has 21 heavy (non-hydrogen) atoms. The maximum atomic E-state index is 12.1. The molecule has 0 amide bonds. The minimum absolute atomic E-state index is 0.307. The lowest BCUT2D eigenvalue weighted by Crippen LogP contribution is -2.34. The predicted octanol–water partition coefficient (Wildman–Crippen LogP) is 1.06. The van der Waals surface area contributed by atoms with Crippen LogP contribution in [-0.2, 0) is 6.54 Å². The largest absolute Gasteiger partial charge is 0.711 e. The van der Waals surface area contributed by atoms with Gasteiger partial charge in [-0.3, -0.25) is 0 Å². The van der Waals surface area contributed by atoms with Crippen LogP contribution in [0.2, 0.25) is 0 Å². The van der Waals surface area contributed by atoms with Gasteiger partial charge in [-0.2, -0.15) is 0 Å². The summed E-state index contributed by atoms with van der Waals surface area (Å²) in [4.78, 5) is 16.7. The van der Waals surface area contributed by atoms with Crippen LogP contribution in [0.15, 0.2) is 49.3 Å².